The van der Waals surface area contributed by atoms with Crippen LogP contribution in [-0.2, 0) is 35.5 Å². The number of sulfone groups is 1. The fraction of sp³-hybridized carbons (Fsp3) is 0.208. The van der Waals surface area contributed by atoms with Crippen LogP contribution in [0.25, 0.3) is 11.1 Å². The van der Waals surface area contributed by atoms with E-state index in [4.69, 9.17) is 15.9 Å². The molecule has 0 aliphatic carbocycles. The number of nitrogens with two attached hydrogens (primary N) is 1. The van der Waals surface area contributed by atoms with Crippen molar-refractivity contribution in [3.05, 3.63) is 58.5 Å². The van der Waals surface area contributed by atoms with E-state index in [1.54, 1.807) is 19.2 Å². The first-order valence-electron chi connectivity index (χ1n) is 10.7. The molecule has 0 amide bonds. The van der Waals surface area contributed by atoms with Crippen LogP contribution in [0.4, 0.5) is 13.2 Å². The Labute approximate surface area is 229 Å². The molecule has 0 radical (unpaired) electrons. The summed E-state index contributed by atoms with van der Waals surface area (Å²) < 4.78 is 73.1. The average molecular weight is 603 g/mol. The molecule has 39 heavy (non-hydrogen) atoms. The van der Waals surface area contributed by atoms with Gasteiger partial charge in [0, 0.05) is 0 Å². The number of aromatic hydroxyl groups is 1. The van der Waals surface area contributed by atoms with Crippen molar-refractivity contribution in [1.82, 2.24) is 0 Å². The quantitative estimate of drug-likeness (QED) is 0.106. The molecule has 3 aromatic rings. The molecule has 208 valence electrons. The van der Waals surface area contributed by atoms with Gasteiger partial charge in [0.25, 0.3) is 0 Å². The molecule has 0 saturated heterocycles. The lowest BCUT2D eigenvalue weighted by Gasteiger charge is -2.15. The lowest BCUT2D eigenvalue weighted by Crippen LogP contribution is -2.29. The Morgan fingerprint density at radius 3 is 2.49 bits per heavy atom. The third kappa shape index (κ3) is 6.98. The molecule has 0 fully saturated rings. The first-order valence-corrected chi connectivity index (χ1v) is 14.3. The number of esters is 2. The summed E-state index contributed by atoms with van der Waals surface area (Å²) in [7, 11) is -4.04. The maximum absolute atomic E-state index is 13.5. The molecule has 9 nitrogen and oxygen atoms in total. The zero-order valence-electron chi connectivity index (χ0n) is 20.3. The Bertz CT molecular complexity index is 1550. The minimum absolute atomic E-state index is 0.000233. The van der Waals surface area contributed by atoms with E-state index in [1.165, 1.54) is 48.2 Å². The van der Waals surface area contributed by atoms with Crippen LogP contribution in [-0.4, -0.2) is 50.3 Å². The summed E-state index contributed by atoms with van der Waals surface area (Å²) in [6.45, 7) is 0.262. The van der Waals surface area contributed by atoms with Gasteiger partial charge >= 0.3 is 18.1 Å². The number of alkyl halides is 3. The predicted octanol–water partition coefficient (Wildman–Crippen LogP) is 4.42. The molecule has 0 atom stereocenters. The van der Waals surface area contributed by atoms with Crippen LogP contribution in [0.1, 0.15) is 16.0 Å². The van der Waals surface area contributed by atoms with Crippen molar-refractivity contribution in [1.29, 1.82) is 5.41 Å². The normalized spacial score (nSPS) is 11.8. The van der Waals surface area contributed by atoms with Crippen LogP contribution in [0, 0.1) is 12.3 Å². The highest BCUT2D eigenvalue weighted by molar-refractivity contribution is 8.01. The molecular formula is C24H21F3N2O7S3. The molecule has 0 spiro atoms. The average Bonchev–Trinajstić information content (AvgIpc) is 3.29. The summed E-state index contributed by atoms with van der Waals surface area (Å²) in [6, 6.07) is 9.98. The molecule has 0 aliphatic rings. The number of halogens is 3. The smallest absolute Gasteiger partial charge is 0.491 e. The molecule has 0 unspecified atom stereocenters. The molecule has 3 rings (SSSR count). The summed E-state index contributed by atoms with van der Waals surface area (Å²) in [6.07, 6.45) is -3.64. The van der Waals surface area contributed by atoms with Crippen LogP contribution < -0.4 is 5.73 Å². The van der Waals surface area contributed by atoms with Crippen LogP contribution >= 0.6 is 23.1 Å². The number of rotatable bonds is 9. The summed E-state index contributed by atoms with van der Waals surface area (Å²) in [5, 5.41) is 17.7. The number of phenolic OH excluding ortho intramolecular Hbond substituents is 1. The molecule has 15 heteroatoms. The zero-order chi connectivity index (χ0) is 29.1. The number of aryl methyl sites for hydroxylation is 1. The Kier molecular flexibility index (Phi) is 9.10. The lowest BCUT2D eigenvalue weighted by molar-refractivity contribution is -0.203. The zero-order valence-corrected chi connectivity index (χ0v) is 22.7. The van der Waals surface area contributed by atoms with E-state index in [0.29, 0.717) is 25.8 Å². The molecule has 1 heterocycles. The number of carbonyl (C=O) groups is 2. The fourth-order valence-electron chi connectivity index (χ4n) is 3.57. The van der Waals surface area contributed by atoms with Gasteiger partial charge in [0.1, 0.15) is 18.2 Å². The van der Waals surface area contributed by atoms with Gasteiger partial charge in [-0.05, 0) is 65.8 Å². The number of thioether (sulfide) groups is 1. The number of benzene rings is 2. The number of nitrogen functional groups attached to an aromatic ring is 1. The van der Waals surface area contributed by atoms with Crippen molar-refractivity contribution in [2.45, 2.75) is 33.7 Å². The number of carbonyl (C=O) groups excluding carboxylic acids is 2. The Morgan fingerprint density at radius 2 is 1.87 bits per heavy atom. The predicted molar refractivity (Wildman–Crippen MR) is 138 cm³/mol. The standard InChI is InChI=1S/C24H21F3N2O7S3/c1-12-6-15(30)7-14(10-35-11-19(31)36-23(32)24(25,26)27)20(12)13-4-3-5-16(8-13)39(33,34)18-9-17(21(28)29)38-22(18)37-2/h3-9,30H,10-11H2,1-2H3,(H3,28,29). The van der Waals surface area contributed by atoms with Gasteiger partial charge < -0.3 is 20.3 Å². The van der Waals surface area contributed by atoms with Crippen molar-refractivity contribution < 1.29 is 45.8 Å². The van der Waals surface area contributed by atoms with E-state index in [9.17, 15) is 36.3 Å². The lowest BCUT2D eigenvalue weighted by atomic mass is 9.95. The van der Waals surface area contributed by atoms with Crippen molar-refractivity contribution in [3.8, 4) is 16.9 Å². The van der Waals surface area contributed by atoms with Gasteiger partial charge in [-0.2, -0.15) is 13.2 Å². The second-order valence-electron chi connectivity index (χ2n) is 7.96. The molecular weight excluding hydrogens is 581 g/mol. The van der Waals surface area contributed by atoms with Crippen molar-refractivity contribution in [2.75, 3.05) is 12.9 Å². The van der Waals surface area contributed by atoms with Crippen LogP contribution in [0.5, 0.6) is 5.75 Å². The van der Waals surface area contributed by atoms with Crippen molar-refractivity contribution in [2.24, 2.45) is 5.73 Å². The Hall–Kier alpha value is -3.40. The van der Waals surface area contributed by atoms with Gasteiger partial charge in [-0.15, -0.1) is 23.1 Å². The SMILES string of the molecule is CSc1sc(C(=N)N)cc1S(=O)(=O)c1cccc(-c2c(C)cc(O)cc2COCC(=O)OC(=O)C(F)(F)F)c1. The number of phenols is 1. The third-order valence-electron chi connectivity index (χ3n) is 5.16. The van der Waals surface area contributed by atoms with E-state index >= 15 is 0 Å². The number of hydrogen-bond acceptors (Lipinski definition) is 10. The molecule has 0 saturated carbocycles. The number of amidine groups is 1. The monoisotopic (exact) mass is 602 g/mol. The van der Waals surface area contributed by atoms with Crippen molar-refractivity contribution in [3.63, 3.8) is 0 Å². The molecule has 2 aromatic carbocycles. The minimum Gasteiger partial charge on any atom is -0.508 e. The van der Waals surface area contributed by atoms with Gasteiger partial charge in [-0.25, -0.2) is 18.0 Å². The van der Waals surface area contributed by atoms with Gasteiger partial charge in [0.15, 0.2) is 0 Å². The number of hydrogen-bond donors (Lipinski definition) is 3. The third-order valence-corrected chi connectivity index (χ3v) is 9.49. The summed E-state index contributed by atoms with van der Waals surface area (Å²) in [5.41, 5.74) is 7.20. The van der Waals surface area contributed by atoms with Crippen molar-refractivity contribution >= 4 is 50.7 Å². The van der Waals surface area contributed by atoms with Gasteiger partial charge in [-0.1, -0.05) is 12.1 Å². The first-order chi connectivity index (χ1) is 18.1. The topological polar surface area (TPSA) is 157 Å². The molecule has 0 bridgehead atoms. The Morgan fingerprint density at radius 1 is 1.18 bits per heavy atom. The van der Waals surface area contributed by atoms with Gasteiger partial charge in [0.2, 0.25) is 9.84 Å². The van der Waals surface area contributed by atoms with E-state index in [1.807, 2.05) is 0 Å². The molecule has 0 aliphatic heterocycles. The van der Waals surface area contributed by atoms with E-state index in [0.717, 1.165) is 11.3 Å². The maximum atomic E-state index is 13.5. The number of ether oxygens (including phenoxy) is 2. The Balaban J connectivity index is 1.93. The summed E-state index contributed by atoms with van der Waals surface area (Å²) in [5.74, 6) is -4.67. The maximum Gasteiger partial charge on any atom is 0.491 e. The highest BCUT2D eigenvalue weighted by Crippen LogP contribution is 2.38. The van der Waals surface area contributed by atoms with E-state index < -0.39 is 34.6 Å². The highest BCUT2D eigenvalue weighted by atomic mass is 32.2. The first kappa shape index (κ1) is 30.1. The van der Waals surface area contributed by atoms with Gasteiger partial charge in [0.05, 0.1) is 25.5 Å². The van der Waals surface area contributed by atoms with Crippen LogP contribution in [0.2, 0.25) is 0 Å². The highest BCUT2D eigenvalue weighted by Gasteiger charge is 2.42. The summed E-state index contributed by atoms with van der Waals surface area (Å²) in [4.78, 5) is 22.6. The van der Waals surface area contributed by atoms with Gasteiger partial charge in [-0.3, -0.25) is 5.41 Å². The van der Waals surface area contributed by atoms with E-state index in [-0.39, 0.29) is 33.5 Å². The largest absolute Gasteiger partial charge is 0.508 e. The minimum atomic E-state index is -5.34. The van der Waals surface area contributed by atoms with Crippen LogP contribution in [0.3, 0.4) is 0 Å². The number of nitrogens with one attached hydrogen (secondary N) is 1. The molecule has 1 aromatic heterocycles. The van der Waals surface area contributed by atoms with Crippen LogP contribution in [0.15, 0.2) is 56.5 Å². The second-order valence-corrected chi connectivity index (χ2v) is 12.0. The molecule has 4 N–H and O–H groups in total. The summed E-state index contributed by atoms with van der Waals surface area (Å²) >= 11 is 2.28. The number of thiophene rings is 1. The van der Waals surface area contributed by atoms with E-state index in [2.05, 4.69) is 4.74 Å². The fourth-order valence-corrected chi connectivity index (χ4v) is 7.47. The second kappa shape index (κ2) is 11.8.